The summed E-state index contributed by atoms with van der Waals surface area (Å²) in [5, 5.41) is 7.05. The summed E-state index contributed by atoms with van der Waals surface area (Å²) in [5.41, 5.74) is 3.13. The van der Waals surface area contributed by atoms with E-state index in [4.69, 9.17) is 0 Å². The van der Waals surface area contributed by atoms with E-state index in [9.17, 15) is 4.79 Å². The molecule has 0 amide bonds. The van der Waals surface area contributed by atoms with E-state index in [0.717, 1.165) is 33.0 Å². The maximum absolute atomic E-state index is 10.5. The van der Waals surface area contributed by atoms with Crippen LogP contribution in [0.25, 0.3) is 10.4 Å². The van der Waals surface area contributed by atoms with E-state index in [1.54, 1.807) is 0 Å². The van der Waals surface area contributed by atoms with Crippen LogP contribution in [0.4, 0.5) is 0 Å². The number of thiophene rings is 1. The van der Waals surface area contributed by atoms with Gasteiger partial charge in [0, 0.05) is 16.1 Å². The predicted molar refractivity (Wildman–Crippen MR) is 56.8 cm³/mol. The Balaban J connectivity index is 2.53. The third-order valence-corrected chi connectivity index (χ3v) is 3.15. The molecule has 3 nitrogen and oxygen atoms in total. The molecule has 0 fully saturated rings. The van der Waals surface area contributed by atoms with Gasteiger partial charge in [0.15, 0.2) is 6.29 Å². The van der Waals surface area contributed by atoms with Gasteiger partial charge in [-0.3, -0.25) is 9.89 Å². The minimum absolute atomic E-state index is 0.750. The first-order valence-electron chi connectivity index (χ1n) is 4.29. The number of aldehydes is 1. The van der Waals surface area contributed by atoms with Gasteiger partial charge >= 0.3 is 0 Å². The zero-order valence-electron chi connectivity index (χ0n) is 8.00. The molecule has 72 valence electrons. The highest BCUT2D eigenvalue weighted by Crippen LogP contribution is 2.31. The zero-order valence-corrected chi connectivity index (χ0v) is 8.81. The number of hydrogen-bond donors (Lipinski definition) is 1. The fraction of sp³-hybridized carbons (Fsp3) is 0.200. The Bertz CT molecular complexity index is 451. The maximum atomic E-state index is 10.5. The van der Waals surface area contributed by atoms with Crippen molar-refractivity contribution in [3.63, 3.8) is 0 Å². The molecule has 0 aromatic carbocycles. The van der Waals surface area contributed by atoms with E-state index in [1.807, 2.05) is 26.0 Å². The maximum Gasteiger partial charge on any atom is 0.160 e. The molecule has 0 saturated heterocycles. The van der Waals surface area contributed by atoms with E-state index in [2.05, 4.69) is 10.2 Å². The van der Waals surface area contributed by atoms with Gasteiger partial charge in [-0.25, -0.2) is 0 Å². The number of carbonyl (C=O) groups excluding carboxylic acids is 1. The zero-order chi connectivity index (χ0) is 10.1. The van der Waals surface area contributed by atoms with Gasteiger partial charge in [0.05, 0.1) is 10.6 Å². The summed E-state index contributed by atoms with van der Waals surface area (Å²) in [6.07, 6.45) is 0.874. The van der Waals surface area contributed by atoms with Crippen LogP contribution in [0.5, 0.6) is 0 Å². The number of hydrogen-bond acceptors (Lipinski definition) is 3. The Kier molecular flexibility index (Phi) is 2.21. The van der Waals surface area contributed by atoms with Crippen LogP contribution in [0.2, 0.25) is 0 Å². The highest BCUT2D eigenvalue weighted by molar-refractivity contribution is 7.17. The van der Waals surface area contributed by atoms with Gasteiger partial charge in [0.1, 0.15) is 0 Å². The van der Waals surface area contributed by atoms with Crippen LogP contribution in [-0.4, -0.2) is 16.5 Å². The Morgan fingerprint density at radius 2 is 2.21 bits per heavy atom. The van der Waals surface area contributed by atoms with Crippen LogP contribution in [0, 0.1) is 13.8 Å². The lowest BCUT2D eigenvalue weighted by atomic mass is 10.1. The summed E-state index contributed by atoms with van der Waals surface area (Å²) in [4.78, 5) is 12.4. The normalized spacial score (nSPS) is 10.4. The van der Waals surface area contributed by atoms with Crippen LogP contribution in [0.1, 0.15) is 21.1 Å². The smallest absolute Gasteiger partial charge is 0.160 e. The molecule has 2 heterocycles. The standard InChI is InChI=1S/C10H10N2OS/c1-6-10(7(2)12-11-6)9-4-3-8(5-13)14-9/h3-5H,1-2H3,(H,11,12). The molecule has 2 rings (SSSR count). The van der Waals surface area contributed by atoms with Crippen molar-refractivity contribution in [2.24, 2.45) is 0 Å². The molecule has 4 heteroatoms. The largest absolute Gasteiger partial charge is 0.297 e. The van der Waals surface area contributed by atoms with Crippen LogP contribution < -0.4 is 0 Å². The number of aromatic nitrogens is 2. The van der Waals surface area contributed by atoms with Crippen LogP contribution in [0.3, 0.4) is 0 Å². The lowest BCUT2D eigenvalue weighted by Gasteiger charge is -1.94. The van der Waals surface area contributed by atoms with Gasteiger partial charge in [-0.2, -0.15) is 5.10 Å². The fourth-order valence-electron chi connectivity index (χ4n) is 1.46. The molecule has 0 saturated carbocycles. The van der Waals surface area contributed by atoms with Crippen molar-refractivity contribution in [1.29, 1.82) is 0 Å². The molecule has 0 aliphatic heterocycles. The first-order chi connectivity index (χ1) is 6.72. The average molecular weight is 206 g/mol. The summed E-state index contributed by atoms with van der Waals surface area (Å²) in [6.45, 7) is 3.94. The number of aromatic amines is 1. The summed E-state index contributed by atoms with van der Waals surface area (Å²) in [7, 11) is 0. The number of H-pyrrole nitrogens is 1. The average Bonchev–Trinajstić information content (AvgIpc) is 2.73. The minimum atomic E-state index is 0.750. The second kappa shape index (κ2) is 3.38. The van der Waals surface area contributed by atoms with Crippen molar-refractivity contribution in [3.05, 3.63) is 28.4 Å². The number of carbonyl (C=O) groups is 1. The third kappa shape index (κ3) is 1.37. The molecular formula is C10H10N2OS. The molecule has 2 aromatic heterocycles. The number of nitrogens with zero attached hydrogens (tertiary/aromatic N) is 1. The van der Waals surface area contributed by atoms with Crippen molar-refractivity contribution in [1.82, 2.24) is 10.2 Å². The highest BCUT2D eigenvalue weighted by atomic mass is 32.1. The topological polar surface area (TPSA) is 45.8 Å². The molecule has 0 bridgehead atoms. The molecule has 0 atom stereocenters. The molecular weight excluding hydrogens is 196 g/mol. The Hall–Kier alpha value is -1.42. The van der Waals surface area contributed by atoms with Gasteiger partial charge in [-0.05, 0) is 26.0 Å². The van der Waals surface area contributed by atoms with Crippen molar-refractivity contribution >= 4 is 17.6 Å². The molecule has 0 spiro atoms. The second-order valence-corrected chi connectivity index (χ2v) is 4.24. The van der Waals surface area contributed by atoms with E-state index in [1.165, 1.54) is 11.3 Å². The first-order valence-corrected chi connectivity index (χ1v) is 5.11. The molecule has 14 heavy (non-hydrogen) atoms. The molecule has 0 aliphatic carbocycles. The van der Waals surface area contributed by atoms with E-state index in [0.29, 0.717) is 0 Å². The quantitative estimate of drug-likeness (QED) is 0.767. The predicted octanol–water partition coefficient (Wildman–Crippen LogP) is 2.57. The lowest BCUT2D eigenvalue weighted by molar-refractivity contribution is 0.112. The third-order valence-electron chi connectivity index (χ3n) is 2.12. The van der Waals surface area contributed by atoms with Gasteiger partial charge in [0.2, 0.25) is 0 Å². The van der Waals surface area contributed by atoms with Crippen LogP contribution in [0.15, 0.2) is 12.1 Å². The number of aryl methyl sites for hydroxylation is 2. The Labute approximate surface area is 85.8 Å². The van der Waals surface area contributed by atoms with Crippen molar-refractivity contribution < 1.29 is 4.79 Å². The minimum Gasteiger partial charge on any atom is -0.297 e. The molecule has 0 radical (unpaired) electrons. The molecule has 2 aromatic rings. The van der Waals surface area contributed by atoms with Crippen molar-refractivity contribution in [2.75, 3.05) is 0 Å². The summed E-state index contributed by atoms with van der Waals surface area (Å²) in [6, 6.07) is 3.79. The number of nitrogens with one attached hydrogen (secondary N) is 1. The Morgan fingerprint density at radius 1 is 1.43 bits per heavy atom. The van der Waals surface area contributed by atoms with Crippen molar-refractivity contribution in [3.8, 4) is 10.4 Å². The van der Waals surface area contributed by atoms with Crippen molar-refractivity contribution in [2.45, 2.75) is 13.8 Å². The van der Waals surface area contributed by atoms with E-state index >= 15 is 0 Å². The summed E-state index contributed by atoms with van der Waals surface area (Å²) >= 11 is 1.49. The lowest BCUT2D eigenvalue weighted by Crippen LogP contribution is -1.76. The SMILES string of the molecule is Cc1n[nH]c(C)c1-c1ccc(C=O)s1. The number of rotatable bonds is 2. The molecule has 0 unspecified atom stereocenters. The Morgan fingerprint density at radius 3 is 2.71 bits per heavy atom. The fourth-order valence-corrected chi connectivity index (χ4v) is 2.44. The van der Waals surface area contributed by atoms with E-state index in [-0.39, 0.29) is 0 Å². The van der Waals surface area contributed by atoms with Gasteiger partial charge in [-0.1, -0.05) is 0 Å². The first kappa shape index (κ1) is 9.15. The second-order valence-electron chi connectivity index (χ2n) is 3.13. The van der Waals surface area contributed by atoms with Crippen LogP contribution >= 0.6 is 11.3 Å². The van der Waals surface area contributed by atoms with Gasteiger partial charge < -0.3 is 0 Å². The van der Waals surface area contributed by atoms with Crippen LogP contribution in [-0.2, 0) is 0 Å². The molecule has 0 aliphatic rings. The van der Waals surface area contributed by atoms with Gasteiger partial charge in [0.25, 0.3) is 0 Å². The van der Waals surface area contributed by atoms with Gasteiger partial charge in [-0.15, -0.1) is 11.3 Å². The monoisotopic (exact) mass is 206 g/mol. The summed E-state index contributed by atoms with van der Waals surface area (Å²) in [5.74, 6) is 0. The van der Waals surface area contributed by atoms with E-state index < -0.39 is 0 Å². The summed E-state index contributed by atoms with van der Waals surface area (Å²) < 4.78 is 0. The highest BCUT2D eigenvalue weighted by Gasteiger charge is 2.10. The molecule has 1 N–H and O–H groups in total.